The van der Waals surface area contributed by atoms with Crippen LogP contribution < -0.4 is 0 Å². The highest BCUT2D eigenvalue weighted by molar-refractivity contribution is 7.70. The fraction of sp³-hybridized carbons (Fsp3) is 1.00. The van der Waals surface area contributed by atoms with Gasteiger partial charge in [0.25, 0.3) is 0 Å². The van der Waals surface area contributed by atoms with Crippen LogP contribution in [0.1, 0.15) is 40.0 Å². The smallest absolute Gasteiger partial charge is 0.138 e. The number of hydrogen-bond donors (Lipinski definition) is 0. The van der Waals surface area contributed by atoms with Gasteiger partial charge in [-0.2, -0.15) is 0 Å². The average Bonchev–Trinajstić information content (AvgIpc) is 2.24. The van der Waals surface area contributed by atoms with Crippen LogP contribution in [0.2, 0.25) is 0 Å². The maximum Gasteiger partial charge on any atom is 0.138 e. The fourth-order valence-corrected chi connectivity index (χ4v) is 7.12. The molecule has 0 fully saturated rings. The molecule has 0 amide bonds. The van der Waals surface area contributed by atoms with Crippen molar-refractivity contribution in [3.63, 3.8) is 0 Å². The third-order valence-electron chi connectivity index (χ3n) is 2.32. The third-order valence-corrected chi connectivity index (χ3v) is 9.72. The predicted octanol–water partition coefficient (Wildman–Crippen LogP) is 5.27. The van der Waals surface area contributed by atoms with E-state index < -0.39 is 22.5 Å². The van der Waals surface area contributed by atoms with E-state index in [1.807, 2.05) is 20.8 Å². The first-order chi connectivity index (χ1) is 6.44. The molecule has 0 saturated heterocycles. The SMILES string of the molecule is CCC(Cl)P(=O)(C(Cl)CC)C(Cl)CC. The van der Waals surface area contributed by atoms with Gasteiger partial charge in [0.15, 0.2) is 0 Å². The van der Waals surface area contributed by atoms with E-state index in [-0.39, 0.29) is 0 Å². The summed E-state index contributed by atoms with van der Waals surface area (Å²) in [5, 5.41) is -1.19. The number of rotatable bonds is 6. The van der Waals surface area contributed by atoms with Crippen LogP contribution in [0.4, 0.5) is 0 Å². The Labute approximate surface area is 102 Å². The summed E-state index contributed by atoms with van der Waals surface area (Å²) in [6.45, 7) is 5.72. The molecule has 3 unspecified atom stereocenters. The van der Waals surface area contributed by atoms with Gasteiger partial charge in [0.05, 0.1) is 15.4 Å². The Balaban J connectivity index is 4.94. The van der Waals surface area contributed by atoms with Gasteiger partial charge in [-0.15, -0.1) is 34.8 Å². The Morgan fingerprint density at radius 2 is 1.07 bits per heavy atom. The molecule has 0 spiro atoms. The number of alkyl halides is 3. The van der Waals surface area contributed by atoms with E-state index in [0.717, 1.165) is 0 Å². The van der Waals surface area contributed by atoms with E-state index in [4.69, 9.17) is 34.8 Å². The minimum Gasteiger partial charge on any atom is -0.319 e. The summed E-state index contributed by atoms with van der Waals surface area (Å²) in [6.07, 6.45) is 1.93. The Morgan fingerprint density at radius 1 is 0.857 bits per heavy atom. The Morgan fingerprint density at radius 3 is 1.21 bits per heavy atom. The topological polar surface area (TPSA) is 17.1 Å². The molecule has 0 radical (unpaired) electrons. The normalized spacial score (nSPS) is 22.4. The van der Waals surface area contributed by atoms with E-state index in [0.29, 0.717) is 19.3 Å². The zero-order valence-electron chi connectivity index (χ0n) is 8.84. The first-order valence-electron chi connectivity index (χ1n) is 4.96. The molecule has 0 heterocycles. The van der Waals surface area contributed by atoms with Crippen LogP contribution >= 0.6 is 41.9 Å². The summed E-state index contributed by atoms with van der Waals surface area (Å²) in [4.78, 5) is 0. The van der Waals surface area contributed by atoms with Crippen LogP contribution in [0, 0.1) is 0 Å². The summed E-state index contributed by atoms with van der Waals surface area (Å²) in [6, 6.07) is 0. The number of halogens is 3. The van der Waals surface area contributed by atoms with Crippen molar-refractivity contribution in [2.45, 2.75) is 55.4 Å². The highest BCUT2D eigenvalue weighted by Gasteiger charge is 2.42. The molecule has 3 atom stereocenters. The summed E-state index contributed by atoms with van der Waals surface area (Å²) < 4.78 is 12.6. The van der Waals surface area contributed by atoms with Crippen molar-refractivity contribution in [1.29, 1.82) is 0 Å². The second kappa shape index (κ2) is 6.63. The minimum atomic E-state index is -2.70. The van der Waals surface area contributed by atoms with Gasteiger partial charge >= 0.3 is 0 Å². The Hall–Kier alpha value is 1.10. The van der Waals surface area contributed by atoms with Crippen molar-refractivity contribution in [3.05, 3.63) is 0 Å². The van der Waals surface area contributed by atoms with E-state index in [1.165, 1.54) is 0 Å². The molecule has 1 nitrogen and oxygen atoms in total. The van der Waals surface area contributed by atoms with Crippen molar-refractivity contribution in [1.82, 2.24) is 0 Å². The molecule has 0 aliphatic carbocycles. The van der Waals surface area contributed by atoms with E-state index in [2.05, 4.69) is 0 Å². The van der Waals surface area contributed by atoms with Crippen LogP contribution in [-0.4, -0.2) is 15.4 Å². The summed E-state index contributed by atoms with van der Waals surface area (Å²) >= 11 is 18.3. The first-order valence-corrected chi connectivity index (χ1v) is 8.18. The predicted molar refractivity (Wildman–Crippen MR) is 67.4 cm³/mol. The van der Waals surface area contributed by atoms with Gasteiger partial charge in [0.2, 0.25) is 0 Å². The van der Waals surface area contributed by atoms with Crippen molar-refractivity contribution >= 4 is 41.9 Å². The zero-order valence-corrected chi connectivity index (χ0v) is 12.0. The summed E-state index contributed by atoms with van der Waals surface area (Å²) in [5.41, 5.74) is 0. The van der Waals surface area contributed by atoms with Crippen LogP contribution in [-0.2, 0) is 4.57 Å². The quantitative estimate of drug-likeness (QED) is 0.478. The molecule has 0 aromatic carbocycles. The lowest BCUT2D eigenvalue weighted by atomic mass is 10.5. The first kappa shape index (κ1) is 15.1. The molecule has 14 heavy (non-hydrogen) atoms. The molecule has 0 rings (SSSR count). The van der Waals surface area contributed by atoms with Crippen molar-refractivity contribution in [3.8, 4) is 0 Å². The van der Waals surface area contributed by atoms with Gasteiger partial charge in [0.1, 0.15) is 7.14 Å². The van der Waals surface area contributed by atoms with Crippen LogP contribution in [0.3, 0.4) is 0 Å². The molecular formula is C9H18Cl3OP. The van der Waals surface area contributed by atoms with Gasteiger partial charge in [-0.1, -0.05) is 20.8 Å². The monoisotopic (exact) mass is 278 g/mol. The number of hydrogen-bond acceptors (Lipinski definition) is 1. The molecule has 86 valence electrons. The zero-order chi connectivity index (χ0) is 11.4. The van der Waals surface area contributed by atoms with Gasteiger partial charge in [-0.25, -0.2) is 0 Å². The fourth-order valence-electron chi connectivity index (χ4n) is 1.38. The lowest BCUT2D eigenvalue weighted by Gasteiger charge is -2.29. The molecule has 0 aromatic rings. The van der Waals surface area contributed by atoms with E-state index in [1.54, 1.807) is 0 Å². The highest BCUT2D eigenvalue weighted by atomic mass is 35.5. The van der Waals surface area contributed by atoms with Gasteiger partial charge in [-0.05, 0) is 19.3 Å². The minimum absolute atomic E-state index is 0.396. The molecule has 0 saturated carbocycles. The van der Waals surface area contributed by atoms with E-state index in [9.17, 15) is 4.57 Å². The Kier molecular flexibility index (Phi) is 7.15. The van der Waals surface area contributed by atoms with Gasteiger partial charge < -0.3 is 4.57 Å². The third kappa shape index (κ3) is 3.04. The highest BCUT2D eigenvalue weighted by Crippen LogP contribution is 2.65. The Bertz CT molecular complexity index is 177. The molecule has 0 N–H and O–H groups in total. The van der Waals surface area contributed by atoms with Crippen molar-refractivity contribution in [2.24, 2.45) is 0 Å². The lowest BCUT2D eigenvalue weighted by molar-refractivity contribution is 0.562. The molecule has 5 heteroatoms. The van der Waals surface area contributed by atoms with Crippen LogP contribution in [0.5, 0.6) is 0 Å². The van der Waals surface area contributed by atoms with Crippen molar-refractivity contribution < 1.29 is 4.57 Å². The lowest BCUT2D eigenvalue weighted by Crippen LogP contribution is -2.16. The van der Waals surface area contributed by atoms with Gasteiger partial charge in [0, 0.05) is 0 Å². The molecule has 0 aliphatic heterocycles. The van der Waals surface area contributed by atoms with Crippen LogP contribution in [0.15, 0.2) is 0 Å². The summed E-state index contributed by atoms with van der Waals surface area (Å²) in [7, 11) is -2.70. The second-order valence-electron chi connectivity index (χ2n) is 3.29. The van der Waals surface area contributed by atoms with Crippen molar-refractivity contribution in [2.75, 3.05) is 0 Å². The molecule has 0 aromatic heterocycles. The van der Waals surface area contributed by atoms with Gasteiger partial charge in [-0.3, -0.25) is 0 Å². The molecule has 0 aliphatic rings. The molecule has 0 bridgehead atoms. The summed E-state index contributed by atoms with van der Waals surface area (Å²) in [5.74, 6) is 0. The largest absolute Gasteiger partial charge is 0.319 e. The maximum absolute atomic E-state index is 12.6. The average molecular weight is 280 g/mol. The van der Waals surface area contributed by atoms with Crippen LogP contribution in [0.25, 0.3) is 0 Å². The standard InChI is InChI=1S/C9H18Cl3OP/c1-4-7(10)14(13,8(11)5-2)9(12)6-3/h7-9H,4-6H2,1-3H3. The van der Waals surface area contributed by atoms with E-state index >= 15 is 0 Å². The maximum atomic E-state index is 12.6. The second-order valence-corrected chi connectivity index (χ2v) is 9.18. The molecular weight excluding hydrogens is 261 g/mol.